The predicted octanol–water partition coefficient (Wildman–Crippen LogP) is 2.44. The third kappa shape index (κ3) is 4.67. The van der Waals surface area contributed by atoms with Gasteiger partial charge in [-0.3, -0.25) is 19.1 Å². The van der Waals surface area contributed by atoms with Crippen LogP contribution in [-0.4, -0.2) is 78.1 Å². The van der Waals surface area contributed by atoms with Gasteiger partial charge in [0.15, 0.2) is 5.78 Å². The van der Waals surface area contributed by atoms with Gasteiger partial charge in [-0.1, -0.05) is 0 Å². The highest BCUT2D eigenvalue weighted by molar-refractivity contribution is 6.07. The standard InChI is InChI=1S/C26H25F3N6O5/c1-12-4-15(16-8-30-14(3)31-9-16)5-17-21(13(2)36)33-34(22(12)17)10-20(37)35-18(23(38)39)6-25(7-19(25)35)11-32-24(40)26(27,28)29/h4-5,8-9,18-19H,6-7,10-11H2,1-3H3,(H,32,40)(H,38,39). The first-order valence-corrected chi connectivity index (χ1v) is 12.4. The van der Waals surface area contributed by atoms with Crippen LogP contribution in [0, 0.1) is 19.3 Å². The third-order valence-corrected chi connectivity index (χ3v) is 7.62. The highest BCUT2D eigenvalue weighted by Crippen LogP contribution is 2.59. The minimum atomic E-state index is -5.07. The Hall–Kier alpha value is -4.36. The van der Waals surface area contributed by atoms with Crippen LogP contribution < -0.4 is 5.32 Å². The van der Waals surface area contributed by atoms with Crippen molar-refractivity contribution in [3.8, 4) is 11.1 Å². The molecule has 1 aliphatic heterocycles. The molecule has 3 unspecified atom stereocenters. The number of aryl methyl sites for hydroxylation is 2. The molecular weight excluding hydrogens is 533 g/mol. The Morgan fingerprint density at radius 2 is 1.77 bits per heavy atom. The molecule has 5 rings (SSSR count). The van der Waals surface area contributed by atoms with Crippen molar-refractivity contribution in [2.45, 2.75) is 58.4 Å². The molecule has 14 heteroatoms. The van der Waals surface area contributed by atoms with Crippen LogP contribution in [0.4, 0.5) is 13.2 Å². The van der Waals surface area contributed by atoms with E-state index in [9.17, 15) is 37.5 Å². The number of piperidine rings is 1. The SMILES string of the molecule is CC(=O)c1nn(CC(=O)N2C(C(=O)O)CC3(CNC(=O)C(F)(F)F)CC23)c2c(C)cc(-c3cnc(C)nc3)cc12. The first-order valence-electron chi connectivity index (χ1n) is 12.4. The van der Waals surface area contributed by atoms with Crippen LogP contribution in [0.15, 0.2) is 24.5 Å². The maximum atomic E-state index is 13.5. The Morgan fingerprint density at radius 1 is 1.10 bits per heavy atom. The second-order valence-electron chi connectivity index (χ2n) is 10.4. The second kappa shape index (κ2) is 9.38. The molecule has 11 nitrogen and oxygen atoms in total. The Bertz CT molecular complexity index is 1570. The normalized spacial score (nSPS) is 21.8. The zero-order chi connectivity index (χ0) is 29.1. The molecule has 0 bridgehead atoms. The van der Waals surface area contributed by atoms with Gasteiger partial charge in [-0.2, -0.15) is 18.3 Å². The number of alkyl halides is 3. The fraction of sp³-hybridized carbons (Fsp3) is 0.423. The predicted molar refractivity (Wildman–Crippen MR) is 133 cm³/mol. The largest absolute Gasteiger partial charge is 0.480 e. The van der Waals surface area contributed by atoms with Gasteiger partial charge in [0.2, 0.25) is 5.91 Å². The number of carbonyl (C=O) groups is 4. The molecule has 40 heavy (non-hydrogen) atoms. The molecule has 2 aliphatic rings. The van der Waals surface area contributed by atoms with Crippen LogP contribution in [0.1, 0.15) is 41.6 Å². The molecule has 0 spiro atoms. The van der Waals surface area contributed by atoms with E-state index in [1.807, 2.05) is 11.4 Å². The molecule has 3 heterocycles. The minimum Gasteiger partial charge on any atom is -0.480 e. The molecule has 1 aliphatic carbocycles. The monoisotopic (exact) mass is 558 g/mol. The number of hydrogen-bond acceptors (Lipinski definition) is 7. The summed E-state index contributed by atoms with van der Waals surface area (Å²) in [6.45, 7) is 4.11. The number of aromatic nitrogens is 4. The zero-order valence-electron chi connectivity index (χ0n) is 21.7. The van der Waals surface area contributed by atoms with Gasteiger partial charge in [0.25, 0.3) is 0 Å². The van der Waals surface area contributed by atoms with E-state index in [4.69, 9.17) is 0 Å². The highest BCUT2D eigenvalue weighted by Gasteiger charge is 2.67. The lowest BCUT2D eigenvalue weighted by molar-refractivity contribution is -0.173. The summed E-state index contributed by atoms with van der Waals surface area (Å²) in [4.78, 5) is 58.9. The lowest BCUT2D eigenvalue weighted by atomic mass is 9.99. The van der Waals surface area contributed by atoms with Crippen molar-refractivity contribution in [1.82, 2.24) is 30.0 Å². The van der Waals surface area contributed by atoms with Crippen molar-refractivity contribution in [2.75, 3.05) is 6.54 Å². The van der Waals surface area contributed by atoms with Gasteiger partial charge in [-0.15, -0.1) is 0 Å². The van der Waals surface area contributed by atoms with E-state index >= 15 is 0 Å². The summed E-state index contributed by atoms with van der Waals surface area (Å²) in [7, 11) is 0. The van der Waals surface area contributed by atoms with E-state index < -0.39 is 48.0 Å². The number of rotatable bonds is 7. The lowest BCUT2D eigenvalue weighted by Crippen LogP contribution is -2.44. The number of aliphatic carboxylic acids is 1. The molecule has 2 amide bonds. The summed E-state index contributed by atoms with van der Waals surface area (Å²) < 4.78 is 39.3. The number of fused-ring (bicyclic) bond motifs is 2. The van der Waals surface area contributed by atoms with Crippen LogP contribution >= 0.6 is 0 Å². The Kier molecular flexibility index (Phi) is 6.38. The Balaban J connectivity index is 1.44. The fourth-order valence-electron chi connectivity index (χ4n) is 5.63. The number of carboxylic acid groups (broad SMARTS) is 1. The number of carbonyl (C=O) groups excluding carboxylic acids is 3. The number of Topliss-reactive ketones (excluding diaryl/α,β-unsaturated/α-hetero) is 1. The molecule has 3 aromatic rings. The molecular formula is C26H25F3N6O5. The van der Waals surface area contributed by atoms with Gasteiger partial charge in [0.05, 0.1) is 5.52 Å². The van der Waals surface area contributed by atoms with Crippen molar-refractivity contribution >= 4 is 34.5 Å². The minimum absolute atomic E-state index is 0.0869. The number of ketones is 1. The molecule has 1 saturated heterocycles. The zero-order valence-corrected chi connectivity index (χ0v) is 21.7. The molecule has 1 aromatic carbocycles. The number of nitrogens with one attached hydrogen (secondary N) is 1. The van der Waals surface area contributed by atoms with Crippen molar-refractivity contribution in [3.63, 3.8) is 0 Å². The third-order valence-electron chi connectivity index (χ3n) is 7.62. The van der Waals surface area contributed by atoms with Crippen LogP contribution in [-0.2, 0) is 20.9 Å². The summed E-state index contributed by atoms with van der Waals surface area (Å²) in [6, 6.07) is 1.69. The van der Waals surface area contributed by atoms with E-state index in [1.54, 1.807) is 32.3 Å². The summed E-state index contributed by atoms with van der Waals surface area (Å²) in [5.74, 6) is -3.75. The average Bonchev–Trinajstić information content (AvgIpc) is 3.27. The molecule has 2 N–H and O–H groups in total. The quantitative estimate of drug-likeness (QED) is 0.421. The van der Waals surface area contributed by atoms with Crippen molar-refractivity contribution in [1.29, 1.82) is 0 Å². The van der Waals surface area contributed by atoms with Crippen LogP contribution in [0.25, 0.3) is 22.0 Å². The van der Waals surface area contributed by atoms with Gasteiger partial charge in [-0.05, 0) is 49.9 Å². The second-order valence-corrected chi connectivity index (χ2v) is 10.4. The number of amides is 2. The molecule has 3 atom stereocenters. The summed E-state index contributed by atoms with van der Waals surface area (Å²) in [5.41, 5.74) is 1.86. The van der Waals surface area contributed by atoms with E-state index in [2.05, 4.69) is 15.1 Å². The first-order chi connectivity index (χ1) is 18.7. The van der Waals surface area contributed by atoms with Crippen molar-refractivity contribution < 1.29 is 37.5 Å². The van der Waals surface area contributed by atoms with E-state index in [1.165, 1.54) is 11.6 Å². The molecule has 210 valence electrons. The van der Waals surface area contributed by atoms with E-state index in [0.717, 1.165) is 16.0 Å². The molecule has 1 saturated carbocycles. The highest BCUT2D eigenvalue weighted by atomic mass is 19.4. The maximum absolute atomic E-state index is 13.5. The number of benzene rings is 1. The molecule has 2 fully saturated rings. The number of carboxylic acids is 1. The van der Waals surface area contributed by atoms with Gasteiger partial charge in [-0.25, -0.2) is 14.8 Å². The van der Waals surface area contributed by atoms with E-state index in [-0.39, 0.29) is 30.9 Å². The average molecular weight is 559 g/mol. The number of likely N-dealkylation sites (tertiary alicyclic amines) is 1. The van der Waals surface area contributed by atoms with Crippen LogP contribution in [0.3, 0.4) is 0 Å². The summed E-state index contributed by atoms with van der Waals surface area (Å²) in [6.07, 6.45) is -1.58. The Labute approximate surface area is 225 Å². The van der Waals surface area contributed by atoms with Crippen LogP contribution in [0.5, 0.6) is 0 Å². The van der Waals surface area contributed by atoms with Crippen molar-refractivity contribution in [3.05, 3.63) is 41.6 Å². The summed E-state index contributed by atoms with van der Waals surface area (Å²) >= 11 is 0. The number of halogens is 3. The number of hydrogen-bond donors (Lipinski definition) is 2. The first kappa shape index (κ1) is 27.2. The lowest BCUT2D eigenvalue weighted by Gasteiger charge is -2.24. The van der Waals surface area contributed by atoms with Gasteiger partial charge in [0.1, 0.15) is 24.1 Å². The fourth-order valence-corrected chi connectivity index (χ4v) is 5.63. The smallest absolute Gasteiger partial charge is 0.471 e. The Morgan fingerprint density at radius 3 is 2.38 bits per heavy atom. The van der Waals surface area contributed by atoms with Crippen LogP contribution in [0.2, 0.25) is 0 Å². The van der Waals surface area contributed by atoms with Gasteiger partial charge >= 0.3 is 18.1 Å². The molecule has 0 radical (unpaired) electrons. The number of nitrogens with zero attached hydrogens (tertiary/aromatic N) is 5. The maximum Gasteiger partial charge on any atom is 0.471 e. The molecule has 2 aromatic heterocycles. The topological polar surface area (TPSA) is 147 Å². The van der Waals surface area contributed by atoms with Crippen molar-refractivity contribution in [2.24, 2.45) is 5.41 Å². The van der Waals surface area contributed by atoms with E-state index in [0.29, 0.717) is 22.3 Å². The summed E-state index contributed by atoms with van der Waals surface area (Å²) in [5, 5.41) is 16.5. The van der Waals surface area contributed by atoms with Gasteiger partial charge in [0, 0.05) is 48.3 Å². The van der Waals surface area contributed by atoms with Gasteiger partial charge < -0.3 is 15.3 Å².